The van der Waals surface area contributed by atoms with E-state index in [1.807, 2.05) is 24.3 Å². The summed E-state index contributed by atoms with van der Waals surface area (Å²) >= 11 is 0. The Kier molecular flexibility index (Phi) is 4.43. The third-order valence-corrected chi connectivity index (χ3v) is 3.91. The summed E-state index contributed by atoms with van der Waals surface area (Å²) in [5.41, 5.74) is 1.32. The number of rotatable bonds is 7. The molecule has 0 amide bonds. The molecule has 1 aromatic carbocycles. The van der Waals surface area contributed by atoms with Crippen LogP contribution >= 0.6 is 0 Å². The summed E-state index contributed by atoms with van der Waals surface area (Å²) in [7, 11) is 1.69. The van der Waals surface area contributed by atoms with Crippen molar-refractivity contribution in [2.45, 2.75) is 31.1 Å². The van der Waals surface area contributed by atoms with E-state index in [1.165, 1.54) is 0 Å². The summed E-state index contributed by atoms with van der Waals surface area (Å²) in [6.07, 6.45) is 3.46. The van der Waals surface area contributed by atoms with E-state index in [4.69, 9.17) is 4.74 Å². The molecule has 104 valence electrons. The SMILES string of the molecule is COCCCNc1ccc(C2(C(=O)O)CCC2)cc1. The Labute approximate surface area is 113 Å². The zero-order valence-corrected chi connectivity index (χ0v) is 11.3. The third-order valence-electron chi connectivity index (χ3n) is 3.91. The zero-order chi connectivity index (χ0) is 13.7. The number of aliphatic carboxylic acids is 1. The fourth-order valence-corrected chi connectivity index (χ4v) is 2.51. The van der Waals surface area contributed by atoms with E-state index in [-0.39, 0.29) is 0 Å². The lowest BCUT2D eigenvalue weighted by molar-refractivity contribution is -0.147. The van der Waals surface area contributed by atoms with Crippen molar-refractivity contribution in [2.24, 2.45) is 0 Å². The van der Waals surface area contributed by atoms with Crippen LogP contribution in [0.15, 0.2) is 24.3 Å². The molecule has 4 heteroatoms. The molecule has 1 aliphatic carbocycles. The van der Waals surface area contributed by atoms with Gasteiger partial charge in [-0.05, 0) is 37.0 Å². The van der Waals surface area contributed by atoms with E-state index < -0.39 is 11.4 Å². The maximum Gasteiger partial charge on any atom is 0.314 e. The van der Waals surface area contributed by atoms with Gasteiger partial charge in [0.05, 0.1) is 5.41 Å². The van der Waals surface area contributed by atoms with E-state index in [2.05, 4.69) is 5.32 Å². The minimum Gasteiger partial charge on any atom is -0.481 e. The van der Waals surface area contributed by atoms with Gasteiger partial charge in [0, 0.05) is 25.9 Å². The van der Waals surface area contributed by atoms with Gasteiger partial charge in [-0.25, -0.2) is 0 Å². The minimum absolute atomic E-state index is 0.630. The van der Waals surface area contributed by atoms with E-state index in [9.17, 15) is 9.90 Å². The van der Waals surface area contributed by atoms with E-state index in [0.29, 0.717) is 0 Å². The maximum atomic E-state index is 11.4. The average Bonchev–Trinajstić information content (AvgIpc) is 2.34. The van der Waals surface area contributed by atoms with Crippen LogP contribution in [-0.2, 0) is 14.9 Å². The molecular weight excluding hydrogens is 242 g/mol. The van der Waals surface area contributed by atoms with E-state index in [0.717, 1.165) is 50.1 Å². The first-order valence-corrected chi connectivity index (χ1v) is 6.76. The van der Waals surface area contributed by atoms with Crippen LogP contribution in [0.3, 0.4) is 0 Å². The van der Waals surface area contributed by atoms with Crippen LogP contribution < -0.4 is 5.32 Å². The second-order valence-corrected chi connectivity index (χ2v) is 5.09. The quantitative estimate of drug-likeness (QED) is 0.742. The standard InChI is InChI=1S/C15H21NO3/c1-19-11-3-10-16-13-6-4-12(5-7-13)15(14(17)18)8-2-9-15/h4-7,16H,2-3,8-11H2,1H3,(H,17,18). The van der Waals surface area contributed by atoms with Crippen LogP contribution in [0.1, 0.15) is 31.2 Å². The lowest BCUT2D eigenvalue weighted by Crippen LogP contribution is -2.42. The Bertz CT molecular complexity index is 424. The molecule has 1 aromatic rings. The van der Waals surface area contributed by atoms with Gasteiger partial charge in [-0.1, -0.05) is 18.6 Å². The van der Waals surface area contributed by atoms with Gasteiger partial charge < -0.3 is 15.2 Å². The molecule has 1 fully saturated rings. The highest BCUT2D eigenvalue weighted by Gasteiger charge is 2.45. The van der Waals surface area contributed by atoms with Gasteiger partial charge >= 0.3 is 5.97 Å². The molecule has 1 aliphatic rings. The molecule has 0 saturated heterocycles. The van der Waals surface area contributed by atoms with Crippen molar-refractivity contribution in [3.63, 3.8) is 0 Å². The molecule has 0 atom stereocenters. The molecule has 0 heterocycles. The molecule has 0 spiro atoms. The fraction of sp³-hybridized carbons (Fsp3) is 0.533. The molecule has 0 bridgehead atoms. The van der Waals surface area contributed by atoms with Crippen LogP contribution in [0.2, 0.25) is 0 Å². The van der Waals surface area contributed by atoms with E-state index >= 15 is 0 Å². The second kappa shape index (κ2) is 6.06. The van der Waals surface area contributed by atoms with E-state index in [1.54, 1.807) is 7.11 Å². The van der Waals surface area contributed by atoms with Crippen molar-refractivity contribution in [3.8, 4) is 0 Å². The first-order valence-electron chi connectivity index (χ1n) is 6.76. The molecule has 0 unspecified atom stereocenters. The summed E-state index contributed by atoms with van der Waals surface area (Å²) < 4.78 is 4.99. The largest absolute Gasteiger partial charge is 0.481 e. The minimum atomic E-state index is -0.695. The summed E-state index contributed by atoms with van der Waals surface area (Å²) in [6, 6.07) is 7.80. The number of nitrogens with one attached hydrogen (secondary N) is 1. The predicted molar refractivity (Wildman–Crippen MR) is 74.6 cm³/mol. The molecule has 1 saturated carbocycles. The van der Waals surface area contributed by atoms with Gasteiger partial charge in [-0.15, -0.1) is 0 Å². The van der Waals surface area contributed by atoms with Gasteiger partial charge in [0.25, 0.3) is 0 Å². The first-order chi connectivity index (χ1) is 9.19. The highest BCUT2D eigenvalue weighted by Crippen LogP contribution is 2.44. The Hall–Kier alpha value is -1.55. The Morgan fingerprint density at radius 2 is 2.05 bits per heavy atom. The fourth-order valence-electron chi connectivity index (χ4n) is 2.51. The summed E-state index contributed by atoms with van der Waals surface area (Å²) in [5.74, 6) is -0.695. The number of benzene rings is 1. The predicted octanol–water partition coefficient (Wildman–Crippen LogP) is 2.64. The van der Waals surface area contributed by atoms with Gasteiger partial charge in [0.15, 0.2) is 0 Å². The number of methoxy groups -OCH3 is 1. The molecule has 4 nitrogen and oxygen atoms in total. The molecule has 2 N–H and O–H groups in total. The van der Waals surface area contributed by atoms with Gasteiger partial charge in [0.1, 0.15) is 0 Å². The number of hydrogen-bond donors (Lipinski definition) is 2. The Morgan fingerprint density at radius 3 is 2.53 bits per heavy atom. The van der Waals surface area contributed by atoms with Gasteiger partial charge in [-0.2, -0.15) is 0 Å². The lowest BCUT2D eigenvalue weighted by Gasteiger charge is -2.38. The molecular formula is C15H21NO3. The molecule has 19 heavy (non-hydrogen) atoms. The van der Waals surface area contributed by atoms with Crippen LogP contribution in [0.4, 0.5) is 5.69 Å². The Balaban J connectivity index is 1.96. The maximum absolute atomic E-state index is 11.4. The van der Waals surface area contributed by atoms with Crippen molar-refractivity contribution in [1.82, 2.24) is 0 Å². The molecule has 2 rings (SSSR count). The van der Waals surface area contributed by atoms with Crippen molar-refractivity contribution in [3.05, 3.63) is 29.8 Å². The number of hydrogen-bond acceptors (Lipinski definition) is 3. The van der Waals surface area contributed by atoms with Crippen LogP contribution in [-0.4, -0.2) is 31.3 Å². The van der Waals surface area contributed by atoms with Gasteiger partial charge in [0.2, 0.25) is 0 Å². The number of carboxylic acid groups (broad SMARTS) is 1. The summed E-state index contributed by atoms with van der Waals surface area (Å²) in [5, 5.41) is 12.7. The van der Waals surface area contributed by atoms with Crippen LogP contribution in [0, 0.1) is 0 Å². The lowest BCUT2D eigenvalue weighted by atomic mass is 9.64. The van der Waals surface area contributed by atoms with Crippen molar-refractivity contribution < 1.29 is 14.6 Å². The number of anilines is 1. The molecule has 0 aromatic heterocycles. The van der Waals surface area contributed by atoms with Crippen molar-refractivity contribution in [2.75, 3.05) is 25.6 Å². The van der Waals surface area contributed by atoms with Gasteiger partial charge in [-0.3, -0.25) is 4.79 Å². The highest BCUT2D eigenvalue weighted by atomic mass is 16.5. The molecule has 0 radical (unpaired) electrons. The average molecular weight is 263 g/mol. The summed E-state index contributed by atoms with van der Waals surface area (Å²) in [4.78, 5) is 11.4. The number of ether oxygens (including phenoxy) is 1. The normalized spacial score (nSPS) is 16.7. The summed E-state index contributed by atoms with van der Waals surface area (Å²) in [6.45, 7) is 1.60. The monoisotopic (exact) mass is 263 g/mol. The number of carboxylic acids is 1. The van der Waals surface area contributed by atoms with Crippen LogP contribution in [0.5, 0.6) is 0 Å². The van der Waals surface area contributed by atoms with Crippen molar-refractivity contribution >= 4 is 11.7 Å². The topological polar surface area (TPSA) is 58.6 Å². The van der Waals surface area contributed by atoms with Crippen molar-refractivity contribution in [1.29, 1.82) is 0 Å². The number of carbonyl (C=O) groups is 1. The molecule has 0 aliphatic heterocycles. The zero-order valence-electron chi connectivity index (χ0n) is 11.3. The van der Waals surface area contributed by atoms with Crippen LogP contribution in [0.25, 0.3) is 0 Å². The first kappa shape index (κ1) is 13.9. The third kappa shape index (κ3) is 2.89. The smallest absolute Gasteiger partial charge is 0.314 e. The highest BCUT2D eigenvalue weighted by molar-refractivity contribution is 5.82. The second-order valence-electron chi connectivity index (χ2n) is 5.09. The Morgan fingerprint density at radius 1 is 1.37 bits per heavy atom.